The van der Waals surface area contributed by atoms with E-state index >= 15 is 0 Å². The van der Waals surface area contributed by atoms with Crippen molar-refractivity contribution in [3.63, 3.8) is 0 Å². The monoisotopic (exact) mass is 148 g/mol. The van der Waals surface area contributed by atoms with Crippen LogP contribution in [0.2, 0.25) is 0 Å². The molecule has 2 aromatic rings. The van der Waals surface area contributed by atoms with Crippen molar-refractivity contribution >= 4 is 11.2 Å². The third kappa shape index (κ3) is 0.958. The molecule has 0 atom stereocenters. The lowest BCUT2D eigenvalue weighted by molar-refractivity contribution is 1.03. The summed E-state index contributed by atoms with van der Waals surface area (Å²) in [6, 6.07) is 2.94. The van der Waals surface area contributed by atoms with Gasteiger partial charge in [-0.2, -0.15) is 0 Å². The Morgan fingerprint density at radius 1 is 1.27 bits per heavy atom. The lowest BCUT2D eigenvalue weighted by Gasteiger charge is -1.70. The van der Waals surface area contributed by atoms with Crippen LogP contribution in [0.25, 0.3) is 11.2 Å². The molecule has 0 aliphatic heterocycles. The summed E-state index contributed by atoms with van der Waals surface area (Å²) in [6.07, 6.45) is 1.50. The molecule has 5 heteroatoms. The molecular formula is C6H4N4O. The van der Waals surface area contributed by atoms with E-state index in [0.29, 0.717) is 11.2 Å². The summed E-state index contributed by atoms with van der Waals surface area (Å²) in [5.74, 6) is 0. The van der Waals surface area contributed by atoms with E-state index < -0.39 is 0 Å². The summed E-state index contributed by atoms with van der Waals surface area (Å²) >= 11 is 0. The van der Waals surface area contributed by atoms with Gasteiger partial charge in [-0.05, 0) is 6.07 Å². The average molecular weight is 148 g/mol. The first-order valence-electron chi connectivity index (χ1n) is 3.03. The molecule has 0 spiro atoms. The van der Waals surface area contributed by atoms with Gasteiger partial charge in [0, 0.05) is 6.07 Å². The van der Waals surface area contributed by atoms with Crippen molar-refractivity contribution in [2.45, 2.75) is 0 Å². The van der Waals surface area contributed by atoms with Crippen LogP contribution in [0.1, 0.15) is 0 Å². The van der Waals surface area contributed by atoms with Crippen LogP contribution in [0.15, 0.2) is 23.3 Å². The Morgan fingerprint density at radius 3 is 3.09 bits per heavy atom. The van der Waals surface area contributed by atoms with E-state index in [9.17, 15) is 4.79 Å². The van der Waals surface area contributed by atoms with Gasteiger partial charge in [0.2, 0.25) is 0 Å². The Balaban J connectivity index is 2.96. The SMILES string of the molecule is O=c1ccc2[nH]cnc2nn1. The van der Waals surface area contributed by atoms with E-state index in [1.54, 1.807) is 6.07 Å². The van der Waals surface area contributed by atoms with Crippen LogP contribution in [-0.4, -0.2) is 20.2 Å². The second-order valence-electron chi connectivity index (χ2n) is 2.01. The van der Waals surface area contributed by atoms with Gasteiger partial charge in [-0.25, -0.2) is 4.98 Å². The maximum absolute atomic E-state index is 10.7. The number of fused-ring (bicyclic) bond motifs is 1. The molecule has 0 amide bonds. The standard InChI is InChI=1S/C6H4N4O/c11-5-2-1-4-6(10-9-5)8-3-7-4/h1-3H,(H,7,8). The third-order valence-corrected chi connectivity index (χ3v) is 1.28. The highest BCUT2D eigenvalue weighted by molar-refractivity contribution is 5.67. The van der Waals surface area contributed by atoms with Crippen LogP contribution in [0.4, 0.5) is 0 Å². The van der Waals surface area contributed by atoms with Crippen LogP contribution in [0.3, 0.4) is 0 Å². The Kier molecular flexibility index (Phi) is 1.15. The van der Waals surface area contributed by atoms with Gasteiger partial charge in [0.25, 0.3) is 5.56 Å². The van der Waals surface area contributed by atoms with Crippen LogP contribution in [-0.2, 0) is 0 Å². The van der Waals surface area contributed by atoms with E-state index in [0.717, 1.165) is 0 Å². The fourth-order valence-corrected chi connectivity index (χ4v) is 0.784. The molecular weight excluding hydrogens is 144 g/mol. The van der Waals surface area contributed by atoms with Gasteiger partial charge in [0.15, 0.2) is 5.65 Å². The van der Waals surface area contributed by atoms with Crippen molar-refractivity contribution in [3.8, 4) is 0 Å². The molecule has 2 rings (SSSR count). The van der Waals surface area contributed by atoms with E-state index in [1.165, 1.54) is 12.4 Å². The molecule has 0 unspecified atom stereocenters. The highest BCUT2D eigenvalue weighted by Crippen LogP contribution is 1.98. The summed E-state index contributed by atoms with van der Waals surface area (Å²) in [7, 11) is 0. The Labute approximate surface area is 61.1 Å². The number of H-pyrrole nitrogens is 1. The van der Waals surface area contributed by atoms with Gasteiger partial charge in [-0.15, -0.1) is 10.2 Å². The molecule has 11 heavy (non-hydrogen) atoms. The van der Waals surface area contributed by atoms with E-state index in [4.69, 9.17) is 0 Å². The lowest BCUT2D eigenvalue weighted by Crippen LogP contribution is -1.99. The zero-order valence-corrected chi connectivity index (χ0v) is 5.48. The molecule has 0 aromatic carbocycles. The van der Waals surface area contributed by atoms with Gasteiger partial charge in [0.05, 0.1) is 11.8 Å². The largest absolute Gasteiger partial charge is 0.343 e. The topological polar surface area (TPSA) is 71.5 Å². The normalized spacial score (nSPS) is 10.2. The Bertz CT molecular complexity index is 399. The van der Waals surface area contributed by atoms with Crippen LogP contribution in [0, 0.1) is 0 Å². The smallest absolute Gasteiger partial charge is 0.288 e. The van der Waals surface area contributed by atoms with Gasteiger partial charge >= 0.3 is 0 Å². The van der Waals surface area contributed by atoms with Gasteiger partial charge in [-0.1, -0.05) is 0 Å². The fraction of sp³-hybridized carbons (Fsp3) is 0. The number of nitrogens with zero attached hydrogens (tertiary/aromatic N) is 3. The second-order valence-corrected chi connectivity index (χ2v) is 2.01. The molecule has 0 radical (unpaired) electrons. The van der Waals surface area contributed by atoms with E-state index in [-0.39, 0.29) is 5.56 Å². The highest BCUT2D eigenvalue weighted by Gasteiger charge is 1.92. The average Bonchev–Trinajstić information content (AvgIpc) is 2.38. The van der Waals surface area contributed by atoms with Crippen LogP contribution >= 0.6 is 0 Å². The quantitative estimate of drug-likeness (QED) is 0.557. The first kappa shape index (κ1) is 5.96. The molecule has 0 bridgehead atoms. The molecule has 54 valence electrons. The maximum Gasteiger partial charge on any atom is 0.288 e. The third-order valence-electron chi connectivity index (χ3n) is 1.28. The van der Waals surface area contributed by atoms with Crippen molar-refractivity contribution in [2.24, 2.45) is 0 Å². The molecule has 0 saturated heterocycles. The molecule has 2 aromatic heterocycles. The molecule has 0 aliphatic carbocycles. The number of nitrogens with one attached hydrogen (secondary N) is 1. The number of aromatic nitrogens is 4. The summed E-state index contributed by atoms with van der Waals surface area (Å²) in [5, 5.41) is 6.95. The minimum atomic E-state index is -0.364. The van der Waals surface area contributed by atoms with Crippen molar-refractivity contribution in [2.75, 3.05) is 0 Å². The molecule has 2 heterocycles. The number of aromatic amines is 1. The predicted molar refractivity (Wildman–Crippen MR) is 38.0 cm³/mol. The Hall–Kier alpha value is -1.78. The first-order chi connectivity index (χ1) is 5.36. The highest BCUT2D eigenvalue weighted by atomic mass is 16.1. The van der Waals surface area contributed by atoms with Gasteiger partial charge in [0.1, 0.15) is 0 Å². The van der Waals surface area contributed by atoms with Crippen LogP contribution in [0.5, 0.6) is 0 Å². The molecule has 1 N–H and O–H groups in total. The first-order valence-corrected chi connectivity index (χ1v) is 3.03. The fourth-order valence-electron chi connectivity index (χ4n) is 0.784. The summed E-state index contributed by atoms with van der Waals surface area (Å²) in [4.78, 5) is 17.3. The molecule has 0 aliphatic rings. The molecule has 0 fully saturated rings. The summed E-state index contributed by atoms with van der Waals surface area (Å²) in [5.41, 5.74) is 0.795. The predicted octanol–water partition coefficient (Wildman–Crippen LogP) is -0.287. The van der Waals surface area contributed by atoms with Crippen molar-refractivity contribution in [3.05, 3.63) is 28.8 Å². The Morgan fingerprint density at radius 2 is 2.18 bits per heavy atom. The number of hydrogen-bond acceptors (Lipinski definition) is 4. The van der Waals surface area contributed by atoms with E-state index in [2.05, 4.69) is 20.2 Å². The lowest BCUT2D eigenvalue weighted by atomic mass is 10.5. The maximum atomic E-state index is 10.7. The summed E-state index contributed by atoms with van der Waals surface area (Å²) < 4.78 is 0. The van der Waals surface area contributed by atoms with Crippen LogP contribution < -0.4 is 5.56 Å². The molecule has 0 saturated carbocycles. The minimum absolute atomic E-state index is 0.364. The van der Waals surface area contributed by atoms with Gasteiger partial charge in [-0.3, -0.25) is 4.79 Å². The molecule has 5 nitrogen and oxygen atoms in total. The zero-order chi connectivity index (χ0) is 7.68. The zero-order valence-electron chi connectivity index (χ0n) is 5.48. The van der Waals surface area contributed by atoms with E-state index in [1.807, 2.05) is 0 Å². The van der Waals surface area contributed by atoms with Gasteiger partial charge < -0.3 is 4.98 Å². The van der Waals surface area contributed by atoms with Crippen molar-refractivity contribution in [1.82, 2.24) is 20.2 Å². The van der Waals surface area contributed by atoms with Crippen molar-refractivity contribution in [1.29, 1.82) is 0 Å². The summed E-state index contributed by atoms with van der Waals surface area (Å²) in [6.45, 7) is 0. The minimum Gasteiger partial charge on any atom is -0.343 e. The second kappa shape index (κ2) is 2.12. The van der Waals surface area contributed by atoms with Crippen molar-refractivity contribution < 1.29 is 0 Å². The number of hydrogen-bond donors (Lipinski definition) is 1. The number of rotatable bonds is 0. The number of imidazole rings is 1.